The summed E-state index contributed by atoms with van der Waals surface area (Å²) in [6, 6.07) is 12.0. The number of allylic oxidation sites excluding steroid dienone is 1. The Morgan fingerprint density at radius 2 is 1.76 bits per heavy atom. The van der Waals surface area contributed by atoms with Crippen LogP contribution in [0.2, 0.25) is 0 Å². The third kappa shape index (κ3) is 3.65. The summed E-state index contributed by atoms with van der Waals surface area (Å²) in [5.41, 5.74) is 1.68. The molecule has 0 amide bonds. The van der Waals surface area contributed by atoms with Gasteiger partial charge < -0.3 is 5.11 Å². The van der Waals surface area contributed by atoms with Crippen LogP contribution in [0, 0.1) is 6.92 Å². The van der Waals surface area contributed by atoms with Crippen LogP contribution < -0.4 is 4.72 Å². The van der Waals surface area contributed by atoms with Crippen molar-refractivity contribution < 1.29 is 18.3 Å². The minimum atomic E-state index is -3.86. The molecule has 25 heavy (non-hydrogen) atoms. The Morgan fingerprint density at radius 3 is 2.36 bits per heavy atom. The predicted octanol–water partition coefficient (Wildman–Crippen LogP) is 3.01. The number of phenolic OH excluding ortho intramolecular Hbond substituents is 1. The number of aryl methyl sites for hydroxylation is 1. The predicted molar refractivity (Wildman–Crippen MR) is 94.7 cm³/mol. The largest absolute Gasteiger partial charge is 0.508 e. The first kappa shape index (κ1) is 17.4. The summed E-state index contributed by atoms with van der Waals surface area (Å²) in [6.45, 7) is 1.87. The lowest BCUT2D eigenvalue weighted by atomic mass is 9.97. The van der Waals surface area contributed by atoms with Gasteiger partial charge >= 0.3 is 0 Å². The van der Waals surface area contributed by atoms with E-state index in [0.29, 0.717) is 24.0 Å². The number of hydrogen-bond donors (Lipinski definition) is 2. The Balaban J connectivity index is 2.02. The van der Waals surface area contributed by atoms with Crippen molar-refractivity contribution in [2.45, 2.75) is 30.7 Å². The molecule has 6 heteroatoms. The van der Waals surface area contributed by atoms with E-state index in [1.807, 2.05) is 6.92 Å². The van der Waals surface area contributed by atoms with Crippen molar-refractivity contribution in [1.29, 1.82) is 0 Å². The summed E-state index contributed by atoms with van der Waals surface area (Å²) in [5.74, 6) is -0.167. The summed E-state index contributed by atoms with van der Waals surface area (Å²) >= 11 is 0. The van der Waals surface area contributed by atoms with Crippen molar-refractivity contribution in [1.82, 2.24) is 4.72 Å². The van der Waals surface area contributed by atoms with Crippen molar-refractivity contribution in [3.8, 4) is 5.75 Å². The standard InChI is InChI=1S/C19H19NO4S/c1-13-9-11-14(12-10-13)25(23,24)20-19(16-6-4-8-18(16)22)15-5-2-3-7-17(15)21/h2-3,5-7,9-12,19-21H,4,8H2,1H3. The van der Waals surface area contributed by atoms with E-state index in [1.165, 1.54) is 18.2 Å². The zero-order valence-electron chi connectivity index (χ0n) is 13.8. The maximum atomic E-state index is 12.8. The second kappa shape index (κ2) is 6.82. The Kier molecular flexibility index (Phi) is 4.74. The third-order valence-corrected chi connectivity index (χ3v) is 5.66. The number of nitrogens with one attached hydrogen (secondary N) is 1. The Hall–Kier alpha value is -2.44. The Bertz CT molecular complexity index is 930. The number of phenols is 1. The average Bonchev–Trinajstić information content (AvgIpc) is 3.00. The maximum Gasteiger partial charge on any atom is 0.241 e. The third-order valence-electron chi connectivity index (χ3n) is 4.22. The zero-order chi connectivity index (χ0) is 18.0. The molecule has 0 aliphatic heterocycles. The minimum absolute atomic E-state index is 0.0558. The number of para-hydroxylation sites is 1. The van der Waals surface area contributed by atoms with Gasteiger partial charge in [-0.05, 0) is 31.5 Å². The molecule has 1 atom stereocenters. The van der Waals surface area contributed by atoms with Gasteiger partial charge in [0.05, 0.1) is 10.9 Å². The van der Waals surface area contributed by atoms with E-state index in [1.54, 1.807) is 36.4 Å². The van der Waals surface area contributed by atoms with E-state index in [9.17, 15) is 18.3 Å². The number of aromatic hydroxyl groups is 1. The van der Waals surface area contributed by atoms with Gasteiger partial charge in [0.25, 0.3) is 0 Å². The second-order valence-corrected chi connectivity index (χ2v) is 7.76. The number of carbonyl (C=O) groups excluding carboxylic acids is 1. The van der Waals surface area contributed by atoms with Crippen LogP contribution in [0.25, 0.3) is 0 Å². The smallest absolute Gasteiger partial charge is 0.241 e. The van der Waals surface area contributed by atoms with Gasteiger partial charge in [-0.1, -0.05) is 42.0 Å². The fourth-order valence-electron chi connectivity index (χ4n) is 2.86. The number of benzene rings is 2. The van der Waals surface area contributed by atoms with Gasteiger partial charge in [-0.25, -0.2) is 8.42 Å². The molecule has 0 heterocycles. The van der Waals surface area contributed by atoms with Gasteiger partial charge in [0, 0.05) is 17.6 Å². The number of sulfonamides is 1. The normalized spacial score (nSPS) is 15.9. The van der Waals surface area contributed by atoms with E-state index in [4.69, 9.17) is 0 Å². The molecule has 0 saturated heterocycles. The number of ketones is 1. The minimum Gasteiger partial charge on any atom is -0.508 e. The summed E-state index contributed by atoms with van der Waals surface area (Å²) in [7, 11) is -3.86. The van der Waals surface area contributed by atoms with E-state index in [-0.39, 0.29) is 16.4 Å². The Morgan fingerprint density at radius 1 is 1.08 bits per heavy atom. The molecule has 2 N–H and O–H groups in total. The SMILES string of the molecule is Cc1ccc(S(=O)(=O)NC(C2=CCCC2=O)c2ccccc2O)cc1. The average molecular weight is 357 g/mol. The van der Waals surface area contributed by atoms with Crippen molar-refractivity contribution in [3.05, 3.63) is 71.3 Å². The van der Waals surface area contributed by atoms with Crippen molar-refractivity contribution >= 4 is 15.8 Å². The van der Waals surface area contributed by atoms with Crippen molar-refractivity contribution in [2.75, 3.05) is 0 Å². The van der Waals surface area contributed by atoms with Crippen LogP contribution in [0.4, 0.5) is 0 Å². The highest BCUT2D eigenvalue weighted by atomic mass is 32.2. The molecule has 0 fully saturated rings. The molecule has 0 spiro atoms. The molecule has 0 radical (unpaired) electrons. The molecule has 0 bridgehead atoms. The first-order valence-electron chi connectivity index (χ1n) is 7.98. The summed E-state index contributed by atoms with van der Waals surface area (Å²) < 4.78 is 28.1. The highest BCUT2D eigenvalue weighted by molar-refractivity contribution is 7.89. The quantitative estimate of drug-likeness (QED) is 0.862. The van der Waals surface area contributed by atoms with E-state index in [0.717, 1.165) is 5.56 Å². The number of carbonyl (C=O) groups is 1. The molecule has 0 aromatic heterocycles. The van der Waals surface area contributed by atoms with Crippen molar-refractivity contribution in [2.24, 2.45) is 0 Å². The fourth-order valence-corrected chi connectivity index (χ4v) is 4.06. The topological polar surface area (TPSA) is 83.5 Å². The summed E-state index contributed by atoms with van der Waals surface area (Å²) in [5, 5.41) is 10.2. The fraction of sp³-hybridized carbons (Fsp3) is 0.211. The molecular weight excluding hydrogens is 338 g/mol. The molecule has 1 aliphatic rings. The van der Waals surface area contributed by atoms with E-state index < -0.39 is 16.1 Å². The summed E-state index contributed by atoms with van der Waals surface area (Å²) in [4.78, 5) is 12.3. The first-order chi connectivity index (χ1) is 11.9. The molecule has 3 rings (SSSR count). The monoisotopic (exact) mass is 357 g/mol. The van der Waals surface area contributed by atoms with Gasteiger partial charge in [-0.3, -0.25) is 4.79 Å². The van der Waals surface area contributed by atoms with Gasteiger partial charge in [0.2, 0.25) is 10.0 Å². The van der Waals surface area contributed by atoms with Crippen LogP contribution in [0.3, 0.4) is 0 Å². The van der Waals surface area contributed by atoms with Gasteiger partial charge in [0.15, 0.2) is 5.78 Å². The molecule has 2 aromatic carbocycles. The molecule has 2 aromatic rings. The number of hydrogen-bond acceptors (Lipinski definition) is 4. The molecule has 1 unspecified atom stereocenters. The maximum absolute atomic E-state index is 12.8. The highest BCUT2D eigenvalue weighted by Gasteiger charge is 2.31. The van der Waals surface area contributed by atoms with Gasteiger partial charge in [-0.15, -0.1) is 0 Å². The molecule has 130 valence electrons. The first-order valence-corrected chi connectivity index (χ1v) is 9.47. The Labute approximate surface area is 147 Å². The second-order valence-electron chi connectivity index (χ2n) is 6.05. The van der Waals surface area contributed by atoms with E-state index in [2.05, 4.69) is 4.72 Å². The zero-order valence-corrected chi connectivity index (χ0v) is 14.6. The van der Waals surface area contributed by atoms with Crippen LogP contribution in [-0.2, 0) is 14.8 Å². The lowest BCUT2D eigenvalue weighted by molar-refractivity contribution is -0.115. The number of Topliss-reactive ketones (excluding diaryl/α,β-unsaturated/α-hetero) is 1. The molecule has 0 saturated carbocycles. The van der Waals surface area contributed by atoms with Gasteiger partial charge in [-0.2, -0.15) is 4.72 Å². The lowest BCUT2D eigenvalue weighted by Gasteiger charge is -2.21. The van der Waals surface area contributed by atoms with E-state index >= 15 is 0 Å². The van der Waals surface area contributed by atoms with Crippen LogP contribution in [0.15, 0.2) is 65.1 Å². The molecular formula is C19H19NO4S. The van der Waals surface area contributed by atoms with Gasteiger partial charge in [0.1, 0.15) is 5.75 Å². The highest BCUT2D eigenvalue weighted by Crippen LogP contribution is 2.34. The molecule has 1 aliphatic carbocycles. The summed E-state index contributed by atoms with van der Waals surface area (Å²) in [6.07, 6.45) is 2.66. The van der Waals surface area contributed by atoms with Crippen LogP contribution in [0.5, 0.6) is 5.75 Å². The van der Waals surface area contributed by atoms with Crippen LogP contribution in [0.1, 0.15) is 30.0 Å². The number of rotatable bonds is 5. The lowest BCUT2D eigenvalue weighted by Crippen LogP contribution is -2.31. The van der Waals surface area contributed by atoms with Crippen LogP contribution >= 0.6 is 0 Å². The van der Waals surface area contributed by atoms with Crippen molar-refractivity contribution in [3.63, 3.8) is 0 Å². The molecule has 5 nitrogen and oxygen atoms in total. The van der Waals surface area contributed by atoms with Crippen LogP contribution in [-0.4, -0.2) is 19.3 Å².